The van der Waals surface area contributed by atoms with Crippen molar-refractivity contribution in [1.82, 2.24) is 0 Å². The molecule has 3 aliphatic rings. The molecule has 2 aliphatic carbocycles. The highest BCUT2D eigenvalue weighted by Gasteiger charge is 2.33. The van der Waals surface area contributed by atoms with E-state index in [9.17, 15) is 0 Å². The smallest absolute Gasteiger partial charge is 0.361 e. The standard InChI is InChI=1S/C43H35O2.ClH/c1-5-15-30(16-6-1)38-28-40(32-19-9-3-10-20-32)44-42-34(23-13-25-36(38)42)27-35-24-14-26-37-39(31-17-7-2-8-18-31)29-41(45-43(35)37)33-21-11-4-12-22-33;/h1-12,15-22,27-29H,13-14,23-26H2;1H/q+1;/p-1. The Bertz CT molecular complexity index is 1990. The number of benzene rings is 4. The first kappa shape index (κ1) is 29.8. The Balaban J connectivity index is 0.00000338. The Morgan fingerprint density at radius 2 is 1.17 bits per heavy atom. The van der Waals surface area contributed by atoms with Crippen molar-refractivity contribution < 1.29 is 21.6 Å². The third kappa shape index (κ3) is 5.77. The van der Waals surface area contributed by atoms with Crippen LogP contribution >= 0.6 is 0 Å². The number of allylic oxidation sites excluding steroid dienone is 6. The van der Waals surface area contributed by atoms with Crippen LogP contribution in [0.25, 0.3) is 39.4 Å². The first-order valence-corrected chi connectivity index (χ1v) is 16.1. The van der Waals surface area contributed by atoms with Crippen LogP contribution in [0, 0.1) is 0 Å². The highest BCUT2D eigenvalue weighted by molar-refractivity contribution is 5.89. The highest BCUT2D eigenvalue weighted by Crippen LogP contribution is 2.46. The van der Waals surface area contributed by atoms with Gasteiger partial charge in [0.05, 0.1) is 22.8 Å². The Labute approximate surface area is 277 Å². The van der Waals surface area contributed by atoms with E-state index in [4.69, 9.17) is 9.15 Å². The van der Waals surface area contributed by atoms with Crippen LogP contribution in [0.5, 0.6) is 0 Å². The van der Waals surface area contributed by atoms with Gasteiger partial charge in [0.1, 0.15) is 11.5 Å². The summed E-state index contributed by atoms with van der Waals surface area (Å²) in [6.45, 7) is 0. The second kappa shape index (κ2) is 13.2. The molecule has 0 bridgehead atoms. The summed E-state index contributed by atoms with van der Waals surface area (Å²) in [5.41, 5.74) is 12.3. The molecule has 2 nitrogen and oxygen atoms in total. The predicted molar refractivity (Wildman–Crippen MR) is 185 cm³/mol. The molecule has 0 unspecified atom stereocenters. The number of hydrogen-bond acceptors (Lipinski definition) is 1. The summed E-state index contributed by atoms with van der Waals surface area (Å²) in [5, 5.41) is 0. The molecule has 2 heterocycles. The lowest BCUT2D eigenvalue weighted by Crippen LogP contribution is -3.00. The molecule has 0 amide bonds. The first-order chi connectivity index (χ1) is 22.3. The van der Waals surface area contributed by atoms with Crippen molar-refractivity contribution in [1.29, 1.82) is 0 Å². The molecular formula is C43H35ClO2. The van der Waals surface area contributed by atoms with Gasteiger partial charge in [-0.25, -0.2) is 4.42 Å². The van der Waals surface area contributed by atoms with Crippen LogP contribution in [-0.4, -0.2) is 0 Å². The van der Waals surface area contributed by atoms with Crippen molar-refractivity contribution in [2.75, 3.05) is 0 Å². The van der Waals surface area contributed by atoms with Crippen molar-refractivity contribution in [3.8, 4) is 22.5 Å². The Kier molecular flexibility index (Phi) is 8.55. The van der Waals surface area contributed by atoms with Crippen LogP contribution in [0.3, 0.4) is 0 Å². The molecule has 46 heavy (non-hydrogen) atoms. The number of ether oxygens (including phenoxy) is 1. The molecule has 4 aromatic carbocycles. The van der Waals surface area contributed by atoms with E-state index in [0.717, 1.165) is 72.7 Å². The van der Waals surface area contributed by atoms with Crippen molar-refractivity contribution >= 4 is 16.9 Å². The molecule has 1 aromatic heterocycles. The summed E-state index contributed by atoms with van der Waals surface area (Å²) in [7, 11) is 0. The van der Waals surface area contributed by atoms with Gasteiger partial charge in [-0.1, -0.05) is 109 Å². The number of fused-ring (bicyclic) bond motifs is 2. The van der Waals surface area contributed by atoms with Crippen LogP contribution in [0.4, 0.5) is 0 Å². The topological polar surface area (TPSA) is 20.5 Å². The van der Waals surface area contributed by atoms with Crippen molar-refractivity contribution in [2.45, 2.75) is 38.5 Å². The van der Waals surface area contributed by atoms with E-state index in [1.54, 1.807) is 0 Å². The molecule has 0 saturated heterocycles. The maximum Gasteiger partial charge on any atom is 0.361 e. The summed E-state index contributed by atoms with van der Waals surface area (Å²) in [6.07, 6.45) is 10.8. The molecule has 226 valence electrons. The van der Waals surface area contributed by atoms with E-state index in [0.29, 0.717) is 0 Å². The van der Waals surface area contributed by atoms with Gasteiger partial charge in [-0.3, -0.25) is 0 Å². The minimum Gasteiger partial charge on any atom is -1.00 e. The van der Waals surface area contributed by atoms with Crippen LogP contribution in [0.15, 0.2) is 161 Å². The summed E-state index contributed by atoms with van der Waals surface area (Å²) < 4.78 is 13.7. The van der Waals surface area contributed by atoms with E-state index in [-0.39, 0.29) is 12.4 Å². The quantitative estimate of drug-likeness (QED) is 0.184. The highest BCUT2D eigenvalue weighted by atomic mass is 35.5. The minimum absolute atomic E-state index is 0. The Morgan fingerprint density at radius 3 is 1.85 bits per heavy atom. The van der Waals surface area contributed by atoms with E-state index >= 15 is 0 Å². The zero-order valence-electron chi connectivity index (χ0n) is 25.7. The minimum atomic E-state index is 0. The molecule has 0 radical (unpaired) electrons. The van der Waals surface area contributed by atoms with E-state index in [1.807, 2.05) is 0 Å². The van der Waals surface area contributed by atoms with Gasteiger partial charge in [0.15, 0.2) is 0 Å². The number of hydrogen-bond donors (Lipinski definition) is 0. The van der Waals surface area contributed by atoms with Crippen LogP contribution in [-0.2, 0) is 11.2 Å². The lowest BCUT2D eigenvalue weighted by Gasteiger charge is -2.29. The summed E-state index contributed by atoms with van der Waals surface area (Å²) in [4.78, 5) is 0. The second-order valence-corrected chi connectivity index (χ2v) is 12.0. The van der Waals surface area contributed by atoms with Gasteiger partial charge < -0.3 is 17.1 Å². The van der Waals surface area contributed by atoms with Gasteiger partial charge in [0.2, 0.25) is 0 Å². The van der Waals surface area contributed by atoms with Gasteiger partial charge in [-0.05, 0) is 85.1 Å². The van der Waals surface area contributed by atoms with E-state index in [2.05, 4.69) is 140 Å². The number of rotatable bonds is 5. The zero-order valence-corrected chi connectivity index (χ0v) is 26.5. The van der Waals surface area contributed by atoms with E-state index in [1.165, 1.54) is 44.5 Å². The van der Waals surface area contributed by atoms with Gasteiger partial charge >= 0.3 is 11.5 Å². The maximum absolute atomic E-state index is 6.86. The summed E-state index contributed by atoms with van der Waals surface area (Å²) >= 11 is 0. The van der Waals surface area contributed by atoms with Gasteiger partial charge in [-0.15, -0.1) is 0 Å². The average molecular weight is 619 g/mol. The molecule has 0 N–H and O–H groups in total. The van der Waals surface area contributed by atoms with Crippen LogP contribution in [0.1, 0.15) is 54.6 Å². The largest absolute Gasteiger partial charge is 1.00 e. The third-order valence-electron chi connectivity index (χ3n) is 9.14. The van der Waals surface area contributed by atoms with Crippen LogP contribution in [0.2, 0.25) is 0 Å². The SMILES string of the molecule is C1=C(c2ccccc2)OC2=C(C=C3CCCc4c(-c5ccccc5)cc(-c5ccccc5)[o+]c43)CCCC2=C1c1ccccc1.[Cl-]. The van der Waals surface area contributed by atoms with Gasteiger partial charge in [0, 0.05) is 16.7 Å². The van der Waals surface area contributed by atoms with Gasteiger partial charge in [0.25, 0.3) is 0 Å². The molecule has 0 saturated carbocycles. The van der Waals surface area contributed by atoms with Gasteiger partial charge in [-0.2, -0.15) is 0 Å². The fourth-order valence-corrected chi connectivity index (χ4v) is 6.96. The van der Waals surface area contributed by atoms with Crippen molar-refractivity contribution in [2.24, 2.45) is 0 Å². The molecule has 8 rings (SSSR count). The molecule has 0 spiro atoms. The average Bonchev–Trinajstić information content (AvgIpc) is 3.12. The fourth-order valence-electron chi connectivity index (χ4n) is 6.96. The normalized spacial score (nSPS) is 16.6. The zero-order chi connectivity index (χ0) is 30.0. The predicted octanol–water partition coefficient (Wildman–Crippen LogP) is 8.58. The third-order valence-corrected chi connectivity index (χ3v) is 9.14. The molecule has 1 aliphatic heterocycles. The lowest BCUT2D eigenvalue weighted by atomic mass is 9.82. The first-order valence-electron chi connectivity index (χ1n) is 16.1. The molecular weight excluding hydrogens is 584 g/mol. The molecule has 3 heteroatoms. The van der Waals surface area contributed by atoms with Crippen LogP contribution < -0.4 is 12.4 Å². The van der Waals surface area contributed by atoms with Crippen molar-refractivity contribution in [3.05, 3.63) is 179 Å². The fraction of sp³-hybridized carbons (Fsp3) is 0.140. The monoisotopic (exact) mass is 618 g/mol. The molecule has 0 atom stereocenters. The van der Waals surface area contributed by atoms with E-state index < -0.39 is 0 Å². The van der Waals surface area contributed by atoms with Crippen molar-refractivity contribution in [3.63, 3.8) is 0 Å². The molecule has 5 aromatic rings. The lowest BCUT2D eigenvalue weighted by molar-refractivity contribution is -0.00000963. The summed E-state index contributed by atoms with van der Waals surface area (Å²) in [5.74, 6) is 3.84. The Morgan fingerprint density at radius 1 is 0.587 bits per heavy atom. The summed E-state index contributed by atoms with van der Waals surface area (Å²) in [6, 6.07) is 44.7. The second-order valence-electron chi connectivity index (χ2n) is 12.0. The molecule has 0 fully saturated rings. The maximum atomic E-state index is 6.86. The number of halogens is 1. The Hall–Kier alpha value is -4.92.